The third kappa shape index (κ3) is 2.45. The molecule has 0 fully saturated rings. The minimum atomic E-state index is -0.356. The van der Waals surface area contributed by atoms with Gasteiger partial charge in [-0.15, -0.1) is 0 Å². The summed E-state index contributed by atoms with van der Waals surface area (Å²) in [6.45, 7) is 1.73. The van der Waals surface area contributed by atoms with E-state index < -0.39 is 0 Å². The van der Waals surface area contributed by atoms with E-state index in [-0.39, 0.29) is 22.7 Å². The summed E-state index contributed by atoms with van der Waals surface area (Å²) >= 11 is 4.78. The van der Waals surface area contributed by atoms with Crippen LogP contribution in [0.4, 0.5) is 0 Å². The second kappa shape index (κ2) is 4.55. The molecule has 0 bridgehead atoms. The van der Waals surface area contributed by atoms with Crippen molar-refractivity contribution in [3.8, 4) is 0 Å². The van der Waals surface area contributed by atoms with Gasteiger partial charge < -0.3 is 15.5 Å². The molecular formula is C12H12N2O2S. The van der Waals surface area contributed by atoms with Crippen LogP contribution in [0.25, 0.3) is 11.0 Å². The lowest BCUT2D eigenvalue weighted by Gasteiger charge is -2.10. The fourth-order valence-electron chi connectivity index (χ4n) is 1.43. The van der Waals surface area contributed by atoms with E-state index in [1.807, 2.05) is 24.3 Å². The Hall–Kier alpha value is -1.88. The molecule has 1 unspecified atom stereocenters. The number of carbonyl (C=O) groups excluding carboxylic acids is 1. The minimum Gasteiger partial charge on any atom is -0.451 e. The number of amides is 1. The van der Waals surface area contributed by atoms with Gasteiger partial charge in [0.2, 0.25) is 0 Å². The Kier molecular flexibility index (Phi) is 3.10. The van der Waals surface area contributed by atoms with E-state index in [1.54, 1.807) is 13.0 Å². The molecular weight excluding hydrogens is 236 g/mol. The second-order valence-corrected chi connectivity index (χ2v) is 4.22. The first-order valence-electron chi connectivity index (χ1n) is 5.16. The molecule has 4 nitrogen and oxygen atoms in total. The lowest BCUT2D eigenvalue weighted by atomic mass is 10.2. The zero-order valence-corrected chi connectivity index (χ0v) is 10.1. The van der Waals surface area contributed by atoms with Crippen molar-refractivity contribution in [1.82, 2.24) is 5.32 Å². The number of nitrogens with two attached hydrogens (primary N) is 1. The zero-order chi connectivity index (χ0) is 12.4. The Morgan fingerprint density at radius 2 is 2.18 bits per heavy atom. The molecule has 3 N–H and O–H groups in total. The standard InChI is InChI=1S/C12H12N2O2S/c1-7(11(13)17)14-12(15)10-6-8-4-2-3-5-9(8)16-10/h2-7H,1H3,(H2,13,17)(H,14,15). The van der Waals surface area contributed by atoms with Crippen molar-refractivity contribution in [2.45, 2.75) is 13.0 Å². The van der Waals surface area contributed by atoms with Crippen LogP contribution in [0.3, 0.4) is 0 Å². The van der Waals surface area contributed by atoms with E-state index in [1.165, 1.54) is 0 Å². The first-order chi connectivity index (χ1) is 8.08. The van der Waals surface area contributed by atoms with Crippen LogP contribution in [0, 0.1) is 0 Å². The first-order valence-corrected chi connectivity index (χ1v) is 5.57. The summed E-state index contributed by atoms with van der Waals surface area (Å²) in [7, 11) is 0. The quantitative estimate of drug-likeness (QED) is 0.813. The van der Waals surface area contributed by atoms with Crippen molar-refractivity contribution in [2.75, 3.05) is 0 Å². The molecule has 0 aliphatic heterocycles. The molecule has 5 heteroatoms. The third-order valence-corrected chi connectivity index (χ3v) is 2.78. The smallest absolute Gasteiger partial charge is 0.287 e. The molecule has 0 aliphatic carbocycles. The summed E-state index contributed by atoms with van der Waals surface area (Å²) in [5.74, 6) is -0.0594. The van der Waals surface area contributed by atoms with Gasteiger partial charge in [0.25, 0.3) is 5.91 Å². The van der Waals surface area contributed by atoms with Crippen molar-refractivity contribution in [2.24, 2.45) is 5.73 Å². The summed E-state index contributed by atoms with van der Waals surface area (Å²) < 4.78 is 5.41. The average Bonchev–Trinajstić information content (AvgIpc) is 2.72. The number of para-hydroxylation sites is 1. The van der Waals surface area contributed by atoms with E-state index >= 15 is 0 Å². The predicted octanol–water partition coefficient (Wildman–Crippen LogP) is 1.84. The highest BCUT2D eigenvalue weighted by Gasteiger charge is 2.15. The summed E-state index contributed by atoms with van der Waals surface area (Å²) in [5, 5.41) is 3.55. The Balaban J connectivity index is 2.22. The molecule has 1 heterocycles. The molecule has 0 saturated carbocycles. The van der Waals surface area contributed by atoms with Crippen molar-refractivity contribution in [1.29, 1.82) is 0 Å². The Labute approximate surface area is 104 Å². The number of thiocarbonyl (C=S) groups is 1. The molecule has 2 aromatic rings. The summed E-state index contributed by atoms with van der Waals surface area (Å²) in [6, 6.07) is 8.76. The monoisotopic (exact) mass is 248 g/mol. The van der Waals surface area contributed by atoms with Gasteiger partial charge in [0, 0.05) is 5.39 Å². The normalized spacial score (nSPS) is 12.3. The average molecular weight is 248 g/mol. The van der Waals surface area contributed by atoms with Crippen molar-refractivity contribution in [3.05, 3.63) is 36.1 Å². The number of nitrogens with one attached hydrogen (secondary N) is 1. The predicted molar refractivity (Wildman–Crippen MR) is 69.9 cm³/mol. The lowest BCUT2D eigenvalue weighted by Crippen LogP contribution is -2.41. The number of benzene rings is 1. The number of furan rings is 1. The maximum atomic E-state index is 11.8. The van der Waals surface area contributed by atoms with E-state index in [4.69, 9.17) is 22.4 Å². The number of fused-ring (bicyclic) bond motifs is 1. The molecule has 1 amide bonds. The van der Waals surface area contributed by atoms with Crippen LogP contribution in [-0.4, -0.2) is 16.9 Å². The number of rotatable bonds is 3. The highest BCUT2D eigenvalue weighted by atomic mass is 32.1. The third-order valence-electron chi connectivity index (χ3n) is 2.42. The van der Waals surface area contributed by atoms with Gasteiger partial charge in [0.1, 0.15) is 5.58 Å². The highest BCUT2D eigenvalue weighted by molar-refractivity contribution is 7.80. The molecule has 17 heavy (non-hydrogen) atoms. The number of carbonyl (C=O) groups is 1. The zero-order valence-electron chi connectivity index (χ0n) is 9.27. The molecule has 1 aromatic heterocycles. The molecule has 0 saturated heterocycles. The van der Waals surface area contributed by atoms with Gasteiger partial charge in [-0.05, 0) is 19.1 Å². The summed E-state index contributed by atoms with van der Waals surface area (Å²) in [6.07, 6.45) is 0. The lowest BCUT2D eigenvalue weighted by molar-refractivity contribution is 0.0923. The fraction of sp³-hybridized carbons (Fsp3) is 0.167. The molecule has 0 radical (unpaired) electrons. The largest absolute Gasteiger partial charge is 0.451 e. The first kappa shape index (κ1) is 11.6. The van der Waals surface area contributed by atoms with Crippen LogP contribution in [0.1, 0.15) is 17.5 Å². The van der Waals surface area contributed by atoms with Gasteiger partial charge in [0.15, 0.2) is 5.76 Å². The molecule has 1 aromatic carbocycles. The van der Waals surface area contributed by atoms with Crippen LogP contribution in [0.2, 0.25) is 0 Å². The van der Waals surface area contributed by atoms with Crippen LogP contribution in [-0.2, 0) is 0 Å². The molecule has 0 spiro atoms. The van der Waals surface area contributed by atoms with Gasteiger partial charge in [0.05, 0.1) is 11.0 Å². The van der Waals surface area contributed by atoms with Crippen molar-refractivity contribution >= 4 is 34.1 Å². The van der Waals surface area contributed by atoms with Crippen LogP contribution in [0.5, 0.6) is 0 Å². The van der Waals surface area contributed by atoms with Gasteiger partial charge in [-0.25, -0.2) is 0 Å². The fourth-order valence-corrected chi connectivity index (χ4v) is 1.49. The molecule has 2 rings (SSSR count). The van der Waals surface area contributed by atoms with Crippen LogP contribution >= 0.6 is 12.2 Å². The Bertz CT molecular complexity index is 544. The van der Waals surface area contributed by atoms with E-state index in [2.05, 4.69) is 5.32 Å². The van der Waals surface area contributed by atoms with Gasteiger partial charge in [-0.1, -0.05) is 30.4 Å². The summed E-state index contributed by atoms with van der Waals surface area (Å²) in [4.78, 5) is 12.1. The van der Waals surface area contributed by atoms with E-state index in [0.717, 1.165) is 5.39 Å². The van der Waals surface area contributed by atoms with Gasteiger partial charge in [-0.3, -0.25) is 4.79 Å². The summed E-state index contributed by atoms with van der Waals surface area (Å²) in [5.41, 5.74) is 6.10. The SMILES string of the molecule is CC(NC(=O)c1cc2ccccc2o1)C(N)=S. The second-order valence-electron chi connectivity index (χ2n) is 3.75. The molecule has 1 atom stereocenters. The minimum absolute atomic E-state index is 0.245. The number of hydrogen-bond donors (Lipinski definition) is 2. The van der Waals surface area contributed by atoms with Gasteiger partial charge in [-0.2, -0.15) is 0 Å². The maximum Gasteiger partial charge on any atom is 0.287 e. The highest BCUT2D eigenvalue weighted by Crippen LogP contribution is 2.18. The van der Waals surface area contributed by atoms with Crippen LogP contribution in [0.15, 0.2) is 34.7 Å². The topological polar surface area (TPSA) is 68.3 Å². The van der Waals surface area contributed by atoms with Gasteiger partial charge >= 0.3 is 0 Å². The molecule has 88 valence electrons. The Morgan fingerprint density at radius 1 is 1.47 bits per heavy atom. The maximum absolute atomic E-state index is 11.8. The molecule has 0 aliphatic rings. The number of hydrogen-bond acceptors (Lipinski definition) is 3. The van der Waals surface area contributed by atoms with Crippen molar-refractivity contribution < 1.29 is 9.21 Å². The van der Waals surface area contributed by atoms with E-state index in [9.17, 15) is 4.79 Å². The Morgan fingerprint density at radius 3 is 2.82 bits per heavy atom. The van der Waals surface area contributed by atoms with Crippen molar-refractivity contribution in [3.63, 3.8) is 0 Å². The van der Waals surface area contributed by atoms with E-state index in [0.29, 0.717) is 5.58 Å². The van der Waals surface area contributed by atoms with Crippen LogP contribution < -0.4 is 11.1 Å².